The van der Waals surface area contributed by atoms with E-state index in [9.17, 15) is 4.39 Å². The molecule has 5 heteroatoms. The van der Waals surface area contributed by atoms with Crippen LogP contribution in [-0.4, -0.2) is 32.2 Å². The summed E-state index contributed by atoms with van der Waals surface area (Å²) >= 11 is 1.14. The third kappa shape index (κ3) is 4.61. The van der Waals surface area contributed by atoms with Gasteiger partial charge < -0.3 is 16.0 Å². The Hall–Kier alpha value is -0.650. The Kier molecular flexibility index (Phi) is 5.22. The minimum Gasteiger partial charge on any atom is -0.384 e. The number of halogens is 1. The first-order valence-corrected chi connectivity index (χ1v) is 7.14. The van der Waals surface area contributed by atoms with E-state index in [1.807, 2.05) is 5.38 Å². The molecule has 2 heterocycles. The third-order valence-corrected chi connectivity index (χ3v) is 3.71. The van der Waals surface area contributed by atoms with E-state index in [2.05, 4.69) is 16.0 Å². The van der Waals surface area contributed by atoms with Gasteiger partial charge in [-0.2, -0.15) is 4.39 Å². The van der Waals surface area contributed by atoms with E-state index in [-0.39, 0.29) is 5.13 Å². The van der Waals surface area contributed by atoms with Gasteiger partial charge in [0.1, 0.15) is 0 Å². The lowest BCUT2D eigenvalue weighted by molar-refractivity contribution is 0.353. The molecule has 1 aliphatic rings. The fourth-order valence-corrected chi connectivity index (χ4v) is 2.40. The van der Waals surface area contributed by atoms with Crippen molar-refractivity contribution in [3.8, 4) is 0 Å². The number of hydrogen-bond donors (Lipinski definition) is 3. The molecule has 3 N–H and O–H groups in total. The van der Waals surface area contributed by atoms with E-state index in [0.29, 0.717) is 6.04 Å². The van der Waals surface area contributed by atoms with Gasteiger partial charge in [0.25, 0.3) is 0 Å². The summed E-state index contributed by atoms with van der Waals surface area (Å²) in [6.07, 6.45) is 3.58. The highest BCUT2D eigenvalue weighted by Gasteiger charge is 2.14. The lowest BCUT2D eigenvalue weighted by atomic mass is 10.1. The second-order valence-electron chi connectivity index (χ2n) is 4.42. The molecule has 1 aromatic heterocycles. The van der Waals surface area contributed by atoms with Gasteiger partial charge in [0.15, 0.2) is 5.13 Å². The Morgan fingerprint density at radius 2 is 2.24 bits per heavy atom. The quantitative estimate of drug-likeness (QED) is 0.624. The maximum absolute atomic E-state index is 12.7. The smallest absolute Gasteiger partial charge is 0.178 e. The van der Waals surface area contributed by atoms with Crippen LogP contribution in [-0.2, 0) is 0 Å². The van der Waals surface area contributed by atoms with Crippen molar-refractivity contribution in [2.75, 3.05) is 31.5 Å². The normalized spacial score (nSPS) is 19.0. The third-order valence-electron chi connectivity index (χ3n) is 2.99. The summed E-state index contributed by atoms with van der Waals surface area (Å²) in [7, 11) is 0. The first kappa shape index (κ1) is 12.8. The molecule has 1 saturated heterocycles. The van der Waals surface area contributed by atoms with Crippen molar-refractivity contribution >= 4 is 17.0 Å². The molecule has 1 fully saturated rings. The number of unbranched alkanes of at least 4 members (excludes halogenated alkanes) is 1. The van der Waals surface area contributed by atoms with Gasteiger partial charge in [-0.05, 0) is 32.4 Å². The Morgan fingerprint density at radius 1 is 1.41 bits per heavy atom. The molecule has 17 heavy (non-hydrogen) atoms. The minimum absolute atomic E-state index is 0.123. The molecule has 0 spiro atoms. The van der Waals surface area contributed by atoms with Crippen LogP contribution in [0.3, 0.4) is 0 Å². The molecule has 96 valence electrons. The molecule has 3 nitrogen and oxygen atoms in total. The number of rotatable bonds is 8. The van der Waals surface area contributed by atoms with Crippen LogP contribution in [0.15, 0.2) is 11.4 Å². The number of nitrogens with one attached hydrogen (secondary N) is 3. The van der Waals surface area contributed by atoms with E-state index in [1.165, 1.54) is 13.0 Å². The molecule has 1 aromatic rings. The maximum Gasteiger partial charge on any atom is 0.178 e. The molecule has 0 unspecified atom stereocenters. The van der Waals surface area contributed by atoms with E-state index >= 15 is 0 Å². The zero-order valence-electron chi connectivity index (χ0n) is 9.97. The van der Waals surface area contributed by atoms with Crippen LogP contribution in [0.5, 0.6) is 0 Å². The largest absolute Gasteiger partial charge is 0.384 e. The molecule has 0 bridgehead atoms. The first-order valence-electron chi connectivity index (χ1n) is 6.26. The van der Waals surface area contributed by atoms with Crippen molar-refractivity contribution in [1.29, 1.82) is 0 Å². The van der Waals surface area contributed by atoms with Crippen molar-refractivity contribution in [2.24, 2.45) is 0 Å². The Bertz CT molecular complexity index is 325. The van der Waals surface area contributed by atoms with Gasteiger partial charge in [0, 0.05) is 36.3 Å². The highest BCUT2D eigenvalue weighted by molar-refractivity contribution is 7.08. The second kappa shape index (κ2) is 6.93. The first-order chi connectivity index (χ1) is 8.34. The van der Waals surface area contributed by atoms with Crippen LogP contribution in [0.1, 0.15) is 19.3 Å². The number of anilines is 1. The van der Waals surface area contributed by atoms with E-state index in [0.717, 1.165) is 49.5 Å². The zero-order valence-corrected chi connectivity index (χ0v) is 10.8. The Morgan fingerprint density at radius 3 is 2.88 bits per heavy atom. The summed E-state index contributed by atoms with van der Waals surface area (Å²) in [5, 5.41) is 11.7. The summed E-state index contributed by atoms with van der Waals surface area (Å²) in [6.45, 7) is 4.24. The predicted molar refractivity (Wildman–Crippen MR) is 71.3 cm³/mol. The van der Waals surface area contributed by atoms with Crippen LogP contribution >= 0.6 is 11.3 Å². The van der Waals surface area contributed by atoms with Crippen LogP contribution in [0.25, 0.3) is 0 Å². The molecule has 0 aromatic carbocycles. The zero-order chi connectivity index (χ0) is 11.9. The average molecular weight is 257 g/mol. The van der Waals surface area contributed by atoms with Crippen LogP contribution < -0.4 is 16.0 Å². The summed E-state index contributed by atoms with van der Waals surface area (Å²) in [5.74, 6) is 0. The fourth-order valence-electron chi connectivity index (χ4n) is 1.81. The summed E-state index contributed by atoms with van der Waals surface area (Å²) in [6, 6.07) is 2.24. The van der Waals surface area contributed by atoms with Crippen molar-refractivity contribution < 1.29 is 4.39 Å². The van der Waals surface area contributed by atoms with Crippen molar-refractivity contribution in [3.63, 3.8) is 0 Å². The van der Waals surface area contributed by atoms with Gasteiger partial charge in [0.05, 0.1) is 0 Å². The number of hydrogen-bond acceptors (Lipinski definition) is 4. The average Bonchev–Trinajstić information content (AvgIpc) is 2.65. The predicted octanol–water partition coefficient (Wildman–Crippen LogP) is 2.03. The summed E-state index contributed by atoms with van der Waals surface area (Å²) < 4.78 is 12.7. The lowest BCUT2D eigenvalue weighted by Crippen LogP contribution is -2.49. The summed E-state index contributed by atoms with van der Waals surface area (Å²) in [4.78, 5) is 0. The molecule has 0 amide bonds. The van der Waals surface area contributed by atoms with Gasteiger partial charge >= 0.3 is 0 Å². The van der Waals surface area contributed by atoms with Crippen molar-refractivity contribution in [1.82, 2.24) is 10.6 Å². The molecule has 1 atom stereocenters. The topological polar surface area (TPSA) is 36.1 Å². The highest BCUT2D eigenvalue weighted by atomic mass is 32.1. The molecule has 1 aliphatic heterocycles. The van der Waals surface area contributed by atoms with Gasteiger partial charge in [-0.3, -0.25) is 0 Å². The summed E-state index contributed by atoms with van der Waals surface area (Å²) in [5.41, 5.74) is 0.902. The standard InChI is InChI=1S/C12H20FN3S/c13-12-7-11(9-17-12)15-5-2-1-4-14-8-10-3-6-16-10/h7,9-10,14-16H,1-6,8H2/t10-/m0/s1. The van der Waals surface area contributed by atoms with Gasteiger partial charge in [-0.1, -0.05) is 0 Å². The van der Waals surface area contributed by atoms with Gasteiger partial charge in [0.2, 0.25) is 0 Å². The van der Waals surface area contributed by atoms with Gasteiger partial charge in [-0.25, -0.2) is 0 Å². The van der Waals surface area contributed by atoms with Crippen molar-refractivity contribution in [3.05, 3.63) is 16.6 Å². The molecule has 2 rings (SSSR count). The van der Waals surface area contributed by atoms with Crippen LogP contribution in [0, 0.1) is 5.13 Å². The van der Waals surface area contributed by atoms with E-state index in [4.69, 9.17) is 0 Å². The highest BCUT2D eigenvalue weighted by Crippen LogP contribution is 2.16. The van der Waals surface area contributed by atoms with E-state index < -0.39 is 0 Å². The van der Waals surface area contributed by atoms with Crippen LogP contribution in [0.2, 0.25) is 0 Å². The SMILES string of the molecule is Fc1cc(NCCCCNC[C@@H]2CCN2)cs1. The van der Waals surface area contributed by atoms with E-state index in [1.54, 1.807) is 6.07 Å². The fraction of sp³-hybridized carbons (Fsp3) is 0.667. The Balaban J connectivity index is 1.41. The Labute approximate surface area is 106 Å². The lowest BCUT2D eigenvalue weighted by Gasteiger charge is -2.27. The molecular formula is C12H20FN3S. The van der Waals surface area contributed by atoms with Gasteiger partial charge in [-0.15, -0.1) is 11.3 Å². The maximum atomic E-state index is 12.7. The number of thiophene rings is 1. The van der Waals surface area contributed by atoms with Crippen molar-refractivity contribution in [2.45, 2.75) is 25.3 Å². The monoisotopic (exact) mass is 257 g/mol. The molecule has 0 aliphatic carbocycles. The second-order valence-corrected chi connectivity index (χ2v) is 5.28. The molecule has 0 radical (unpaired) electrons. The minimum atomic E-state index is -0.123. The molecule has 0 saturated carbocycles. The van der Waals surface area contributed by atoms with Crippen LogP contribution in [0.4, 0.5) is 10.1 Å². The molecular weight excluding hydrogens is 237 g/mol.